The van der Waals surface area contributed by atoms with Crippen LogP contribution in [0.1, 0.15) is 29.0 Å². The van der Waals surface area contributed by atoms with Crippen LogP contribution in [0, 0.1) is 6.92 Å². The minimum absolute atomic E-state index is 0.431. The molecule has 0 saturated heterocycles. The summed E-state index contributed by atoms with van der Waals surface area (Å²) in [5, 5.41) is 14.4. The van der Waals surface area contributed by atoms with Crippen LogP contribution < -0.4 is 5.73 Å². The number of aliphatic hydroxyl groups is 1. The van der Waals surface area contributed by atoms with E-state index in [0.29, 0.717) is 0 Å². The van der Waals surface area contributed by atoms with Gasteiger partial charge in [0, 0.05) is 18.3 Å². The van der Waals surface area contributed by atoms with Gasteiger partial charge in [-0.1, -0.05) is 30.3 Å². The van der Waals surface area contributed by atoms with Gasteiger partial charge in [0.15, 0.2) is 0 Å². The summed E-state index contributed by atoms with van der Waals surface area (Å²) in [6, 6.07) is 9.16. The predicted octanol–water partition coefficient (Wildman–Crippen LogP) is 1.46. The molecule has 0 aliphatic rings. The number of rotatable bonds is 3. The molecule has 1 heterocycles. The lowest BCUT2D eigenvalue weighted by Gasteiger charge is -2.19. The Morgan fingerprint density at radius 1 is 1.29 bits per heavy atom. The standard InChI is InChI=1S/C13H17N3O/c1-9-11(8-15-16(9)2)13(17)12(14)10-6-4-3-5-7-10/h3-8,12-13,17H,14H2,1-2H3. The maximum Gasteiger partial charge on any atom is 0.101 e. The number of benzene rings is 1. The lowest BCUT2D eigenvalue weighted by Crippen LogP contribution is -2.20. The molecule has 2 aromatic rings. The molecule has 0 fully saturated rings. The highest BCUT2D eigenvalue weighted by molar-refractivity contribution is 5.26. The molecular weight excluding hydrogens is 214 g/mol. The first-order chi connectivity index (χ1) is 8.11. The molecule has 3 N–H and O–H groups in total. The number of aromatic nitrogens is 2. The fourth-order valence-electron chi connectivity index (χ4n) is 1.86. The maximum absolute atomic E-state index is 10.3. The van der Waals surface area contributed by atoms with Crippen molar-refractivity contribution in [1.29, 1.82) is 0 Å². The molecule has 1 aromatic heterocycles. The largest absolute Gasteiger partial charge is 0.386 e. The van der Waals surface area contributed by atoms with Crippen LogP contribution in [-0.2, 0) is 7.05 Å². The number of nitrogens with zero attached hydrogens (tertiary/aromatic N) is 2. The van der Waals surface area contributed by atoms with Crippen LogP contribution >= 0.6 is 0 Å². The van der Waals surface area contributed by atoms with Crippen molar-refractivity contribution in [1.82, 2.24) is 9.78 Å². The van der Waals surface area contributed by atoms with Crippen LogP contribution in [0.2, 0.25) is 0 Å². The van der Waals surface area contributed by atoms with E-state index in [1.165, 1.54) is 0 Å². The third-order valence-corrected chi connectivity index (χ3v) is 3.12. The number of hydrogen-bond donors (Lipinski definition) is 2. The van der Waals surface area contributed by atoms with Gasteiger partial charge in [-0.05, 0) is 12.5 Å². The highest BCUT2D eigenvalue weighted by Crippen LogP contribution is 2.28. The maximum atomic E-state index is 10.3. The van der Waals surface area contributed by atoms with Gasteiger partial charge in [0.2, 0.25) is 0 Å². The Balaban J connectivity index is 2.26. The summed E-state index contributed by atoms with van der Waals surface area (Å²) >= 11 is 0. The van der Waals surface area contributed by atoms with Gasteiger partial charge in [-0.15, -0.1) is 0 Å². The zero-order valence-electron chi connectivity index (χ0n) is 10.0. The molecule has 0 radical (unpaired) electrons. The van der Waals surface area contributed by atoms with Gasteiger partial charge in [-0.25, -0.2) is 0 Å². The molecule has 90 valence electrons. The molecule has 17 heavy (non-hydrogen) atoms. The van der Waals surface area contributed by atoms with Crippen LogP contribution in [0.25, 0.3) is 0 Å². The number of aryl methyl sites for hydroxylation is 1. The quantitative estimate of drug-likeness (QED) is 0.840. The molecule has 0 aliphatic heterocycles. The molecule has 0 saturated carbocycles. The number of nitrogens with two attached hydrogens (primary N) is 1. The summed E-state index contributed by atoms with van der Waals surface area (Å²) in [5.74, 6) is 0. The lowest BCUT2D eigenvalue weighted by atomic mass is 9.97. The number of aliphatic hydroxyl groups excluding tert-OH is 1. The Labute approximate surface area is 101 Å². The van der Waals surface area contributed by atoms with Gasteiger partial charge in [0.05, 0.1) is 12.2 Å². The van der Waals surface area contributed by atoms with Crippen LogP contribution in [-0.4, -0.2) is 14.9 Å². The first kappa shape index (κ1) is 11.8. The van der Waals surface area contributed by atoms with Crippen LogP contribution in [0.4, 0.5) is 0 Å². The number of hydrogen-bond acceptors (Lipinski definition) is 3. The van der Waals surface area contributed by atoms with E-state index in [2.05, 4.69) is 5.10 Å². The van der Waals surface area contributed by atoms with Gasteiger partial charge in [0.1, 0.15) is 6.10 Å². The van der Waals surface area contributed by atoms with Crippen molar-refractivity contribution in [2.75, 3.05) is 0 Å². The molecule has 0 aliphatic carbocycles. The SMILES string of the molecule is Cc1c(C(O)C(N)c2ccccc2)cnn1C. The Morgan fingerprint density at radius 3 is 2.47 bits per heavy atom. The van der Waals surface area contributed by atoms with E-state index in [1.54, 1.807) is 10.9 Å². The molecule has 4 heteroatoms. The van der Waals surface area contributed by atoms with Crippen molar-refractivity contribution in [2.45, 2.75) is 19.1 Å². The minimum Gasteiger partial charge on any atom is -0.386 e. The Hall–Kier alpha value is -1.65. The van der Waals surface area contributed by atoms with Crippen molar-refractivity contribution >= 4 is 0 Å². The van der Waals surface area contributed by atoms with E-state index < -0.39 is 12.1 Å². The van der Waals surface area contributed by atoms with Crippen molar-refractivity contribution < 1.29 is 5.11 Å². The van der Waals surface area contributed by atoms with Crippen molar-refractivity contribution in [2.24, 2.45) is 12.8 Å². The molecule has 1 aromatic carbocycles. The summed E-state index contributed by atoms with van der Waals surface area (Å²) in [6.07, 6.45) is 0.939. The van der Waals surface area contributed by atoms with E-state index >= 15 is 0 Å². The summed E-state index contributed by atoms with van der Waals surface area (Å²) in [5.41, 5.74) is 8.70. The van der Waals surface area contributed by atoms with Crippen molar-refractivity contribution in [3.63, 3.8) is 0 Å². The molecule has 0 bridgehead atoms. The van der Waals surface area contributed by atoms with E-state index in [0.717, 1.165) is 16.8 Å². The predicted molar refractivity (Wildman–Crippen MR) is 66.3 cm³/mol. The zero-order chi connectivity index (χ0) is 12.4. The summed E-state index contributed by atoms with van der Waals surface area (Å²) in [4.78, 5) is 0. The Bertz CT molecular complexity index is 493. The molecule has 2 unspecified atom stereocenters. The molecule has 2 atom stereocenters. The van der Waals surface area contributed by atoms with E-state index in [9.17, 15) is 5.11 Å². The fraction of sp³-hybridized carbons (Fsp3) is 0.308. The molecule has 0 amide bonds. The molecular formula is C13H17N3O. The van der Waals surface area contributed by atoms with Crippen molar-refractivity contribution in [3.8, 4) is 0 Å². The fourth-order valence-corrected chi connectivity index (χ4v) is 1.86. The Kier molecular flexibility index (Phi) is 3.26. The summed E-state index contributed by atoms with van der Waals surface area (Å²) < 4.78 is 1.73. The monoisotopic (exact) mass is 231 g/mol. The van der Waals surface area contributed by atoms with Crippen LogP contribution in [0.5, 0.6) is 0 Å². The topological polar surface area (TPSA) is 64.1 Å². The second kappa shape index (κ2) is 4.69. The van der Waals surface area contributed by atoms with Crippen molar-refractivity contribution in [3.05, 3.63) is 53.3 Å². The van der Waals surface area contributed by atoms with Gasteiger partial charge in [0.25, 0.3) is 0 Å². The summed E-state index contributed by atoms with van der Waals surface area (Å²) in [7, 11) is 1.85. The highest BCUT2D eigenvalue weighted by Gasteiger charge is 2.22. The second-order valence-electron chi connectivity index (χ2n) is 4.19. The summed E-state index contributed by atoms with van der Waals surface area (Å²) in [6.45, 7) is 1.92. The van der Waals surface area contributed by atoms with E-state index in [4.69, 9.17) is 5.73 Å². The molecule has 4 nitrogen and oxygen atoms in total. The van der Waals surface area contributed by atoms with Gasteiger partial charge in [-0.3, -0.25) is 4.68 Å². The van der Waals surface area contributed by atoms with E-state index in [-0.39, 0.29) is 0 Å². The molecule has 2 rings (SSSR count). The van der Waals surface area contributed by atoms with E-state index in [1.807, 2.05) is 44.3 Å². The second-order valence-corrected chi connectivity index (χ2v) is 4.19. The minimum atomic E-state index is -0.730. The van der Waals surface area contributed by atoms with Crippen LogP contribution in [0.3, 0.4) is 0 Å². The first-order valence-electron chi connectivity index (χ1n) is 5.58. The Morgan fingerprint density at radius 2 is 1.94 bits per heavy atom. The van der Waals surface area contributed by atoms with Gasteiger partial charge in [-0.2, -0.15) is 5.10 Å². The first-order valence-corrected chi connectivity index (χ1v) is 5.58. The zero-order valence-corrected chi connectivity index (χ0v) is 10.0. The third-order valence-electron chi connectivity index (χ3n) is 3.12. The lowest BCUT2D eigenvalue weighted by molar-refractivity contribution is 0.146. The van der Waals surface area contributed by atoms with Crippen LogP contribution in [0.15, 0.2) is 36.5 Å². The van der Waals surface area contributed by atoms with Gasteiger partial charge >= 0.3 is 0 Å². The third kappa shape index (κ3) is 2.23. The molecule has 0 spiro atoms. The highest BCUT2D eigenvalue weighted by atomic mass is 16.3. The normalized spacial score (nSPS) is 14.6. The average molecular weight is 231 g/mol. The van der Waals surface area contributed by atoms with Gasteiger partial charge < -0.3 is 10.8 Å². The smallest absolute Gasteiger partial charge is 0.101 e. The average Bonchev–Trinajstić information content (AvgIpc) is 2.69.